The fourth-order valence-electron chi connectivity index (χ4n) is 1.32. The second-order valence-corrected chi connectivity index (χ2v) is 4.58. The minimum atomic E-state index is -1.82. The lowest BCUT2D eigenvalue weighted by Gasteiger charge is -2.34. The summed E-state index contributed by atoms with van der Waals surface area (Å²) >= 11 is 0. The Bertz CT molecular complexity index is 244. The fraction of sp³-hybridized carbons (Fsp3) is 0.778. The maximum atomic E-state index is 11.1. The summed E-state index contributed by atoms with van der Waals surface area (Å²) < 4.78 is 0.309. The van der Waals surface area contributed by atoms with Crippen LogP contribution in [0.15, 0.2) is 0 Å². The lowest BCUT2D eigenvalue weighted by atomic mass is 9.94. The van der Waals surface area contributed by atoms with Crippen LogP contribution in [0.3, 0.4) is 0 Å². The molecule has 0 amide bonds. The molecule has 0 heterocycles. The maximum Gasteiger partial charge on any atom is 0.176 e. The van der Waals surface area contributed by atoms with Gasteiger partial charge in [-0.15, -0.1) is 0 Å². The highest BCUT2D eigenvalue weighted by Crippen LogP contribution is 2.15. The average molecular weight is 203 g/mol. The van der Waals surface area contributed by atoms with E-state index in [1.165, 1.54) is 6.92 Å². The molecule has 0 radical (unpaired) electrons. The Labute approximate surface area is 83.5 Å². The number of carboxylic acid groups (broad SMARTS) is 1. The maximum absolute atomic E-state index is 11.1. The molecule has 0 saturated carbocycles. The van der Waals surface area contributed by atoms with Crippen LogP contribution in [0.25, 0.3) is 0 Å². The van der Waals surface area contributed by atoms with Crippen LogP contribution in [-0.4, -0.2) is 54.6 Å². The third-order valence-electron chi connectivity index (χ3n) is 1.83. The van der Waals surface area contributed by atoms with Crippen LogP contribution in [0, 0.1) is 0 Å². The van der Waals surface area contributed by atoms with E-state index in [-0.39, 0.29) is 6.54 Å². The Balaban J connectivity index is 4.73. The number of quaternary nitrogens is 1. The SMILES string of the molecule is CC(=O)[C@@](O)(CC(=O)[O-])C[N+](C)(C)C. The van der Waals surface area contributed by atoms with Crippen molar-refractivity contribution in [2.75, 3.05) is 27.7 Å². The molecule has 0 fully saturated rings. The van der Waals surface area contributed by atoms with Gasteiger partial charge >= 0.3 is 0 Å². The van der Waals surface area contributed by atoms with Gasteiger partial charge in [-0.05, 0) is 6.92 Å². The molecule has 0 aliphatic carbocycles. The molecule has 0 bridgehead atoms. The van der Waals surface area contributed by atoms with Gasteiger partial charge in [0.25, 0.3) is 0 Å². The van der Waals surface area contributed by atoms with Crippen molar-refractivity contribution in [2.24, 2.45) is 0 Å². The summed E-state index contributed by atoms with van der Waals surface area (Å²) in [4.78, 5) is 21.5. The lowest BCUT2D eigenvalue weighted by molar-refractivity contribution is -0.875. The molecule has 0 aromatic rings. The highest BCUT2D eigenvalue weighted by Gasteiger charge is 2.38. The van der Waals surface area contributed by atoms with Crippen molar-refractivity contribution in [3.8, 4) is 0 Å². The predicted molar refractivity (Wildman–Crippen MR) is 48.2 cm³/mol. The molecule has 0 aromatic carbocycles. The minimum absolute atomic E-state index is 0.0519. The number of hydrogen-bond donors (Lipinski definition) is 1. The fourth-order valence-corrected chi connectivity index (χ4v) is 1.32. The number of likely N-dealkylation sites (N-methyl/N-ethyl adjacent to an activating group) is 1. The van der Waals surface area contributed by atoms with Gasteiger partial charge in [-0.1, -0.05) is 0 Å². The van der Waals surface area contributed by atoms with E-state index in [4.69, 9.17) is 0 Å². The van der Waals surface area contributed by atoms with Crippen LogP contribution in [0.1, 0.15) is 13.3 Å². The number of Topliss-reactive ketones (excluding diaryl/α,β-unsaturated/α-hetero) is 1. The number of hydrogen-bond acceptors (Lipinski definition) is 4. The first-order valence-corrected chi connectivity index (χ1v) is 4.30. The molecule has 5 heteroatoms. The van der Waals surface area contributed by atoms with Crippen LogP contribution in [0.2, 0.25) is 0 Å². The third-order valence-corrected chi connectivity index (χ3v) is 1.83. The van der Waals surface area contributed by atoms with Crippen molar-refractivity contribution < 1.29 is 24.3 Å². The minimum Gasteiger partial charge on any atom is -0.550 e. The summed E-state index contributed by atoms with van der Waals surface area (Å²) in [5.74, 6) is -1.97. The van der Waals surface area contributed by atoms with Crippen molar-refractivity contribution in [2.45, 2.75) is 18.9 Å². The van der Waals surface area contributed by atoms with Gasteiger partial charge in [0.2, 0.25) is 0 Å². The summed E-state index contributed by atoms with van der Waals surface area (Å²) in [5, 5.41) is 20.2. The lowest BCUT2D eigenvalue weighted by Crippen LogP contribution is -2.55. The quantitative estimate of drug-likeness (QED) is 0.532. The second kappa shape index (κ2) is 4.06. The van der Waals surface area contributed by atoms with Crippen molar-refractivity contribution in [1.82, 2.24) is 0 Å². The van der Waals surface area contributed by atoms with E-state index in [1.54, 1.807) is 21.1 Å². The van der Waals surface area contributed by atoms with Crippen LogP contribution in [-0.2, 0) is 9.59 Å². The molecule has 0 saturated heterocycles. The Morgan fingerprint density at radius 2 is 1.79 bits per heavy atom. The van der Waals surface area contributed by atoms with E-state index < -0.39 is 23.8 Å². The van der Waals surface area contributed by atoms with Gasteiger partial charge in [-0.2, -0.15) is 0 Å². The number of aliphatic carboxylic acids is 1. The van der Waals surface area contributed by atoms with Crippen molar-refractivity contribution >= 4 is 11.8 Å². The standard InChI is InChI=1S/C9H17NO4/c1-7(11)9(14,5-8(12)13)6-10(2,3)4/h14H,5-6H2,1-4H3/t9-/m1/s1. The van der Waals surface area contributed by atoms with E-state index in [2.05, 4.69) is 0 Å². The van der Waals surface area contributed by atoms with E-state index in [0.717, 1.165) is 0 Å². The predicted octanol–water partition coefficient (Wildman–Crippen LogP) is -1.85. The van der Waals surface area contributed by atoms with Gasteiger partial charge in [0.15, 0.2) is 11.4 Å². The number of nitrogens with zero attached hydrogens (tertiary/aromatic N) is 1. The van der Waals surface area contributed by atoms with E-state index in [1.807, 2.05) is 0 Å². The molecule has 82 valence electrons. The number of carbonyl (C=O) groups excluding carboxylic acids is 2. The first kappa shape index (κ1) is 13.1. The Hall–Kier alpha value is -0.940. The zero-order chi connectivity index (χ0) is 11.6. The molecule has 0 unspecified atom stereocenters. The van der Waals surface area contributed by atoms with Gasteiger partial charge in [-0.3, -0.25) is 4.79 Å². The molecule has 0 aromatic heterocycles. The molecule has 0 rings (SSSR count). The van der Waals surface area contributed by atoms with Crippen LogP contribution < -0.4 is 5.11 Å². The van der Waals surface area contributed by atoms with Gasteiger partial charge in [0.05, 0.1) is 21.1 Å². The first-order valence-electron chi connectivity index (χ1n) is 4.30. The number of aliphatic hydroxyl groups is 1. The van der Waals surface area contributed by atoms with Gasteiger partial charge in [0, 0.05) is 12.4 Å². The largest absolute Gasteiger partial charge is 0.550 e. The average Bonchev–Trinajstić information content (AvgIpc) is 1.79. The second-order valence-electron chi connectivity index (χ2n) is 4.58. The van der Waals surface area contributed by atoms with Crippen LogP contribution >= 0.6 is 0 Å². The summed E-state index contributed by atoms with van der Waals surface area (Å²) in [6, 6.07) is 0. The molecule has 5 nitrogen and oxygen atoms in total. The monoisotopic (exact) mass is 203 g/mol. The van der Waals surface area contributed by atoms with E-state index >= 15 is 0 Å². The van der Waals surface area contributed by atoms with Gasteiger partial charge < -0.3 is 19.5 Å². The van der Waals surface area contributed by atoms with Crippen molar-refractivity contribution in [1.29, 1.82) is 0 Å². The molecule has 14 heavy (non-hydrogen) atoms. The van der Waals surface area contributed by atoms with Gasteiger partial charge in [-0.25, -0.2) is 0 Å². The molecule has 1 N–H and O–H groups in total. The molecule has 0 spiro atoms. The summed E-state index contributed by atoms with van der Waals surface area (Å²) in [6.07, 6.45) is -0.655. The Morgan fingerprint density at radius 3 is 2.00 bits per heavy atom. The smallest absolute Gasteiger partial charge is 0.176 e. The van der Waals surface area contributed by atoms with Crippen LogP contribution in [0.5, 0.6) is 0 Å². The zero-order valence-electron chi connectivity index (χ0n) is 9.03. The summed E-state index contributed by atoms with van der Waals surface area (Å²) in [5.41, 5.74) is -1.82. The highest BCUT2D eigenvalue weighted by atomic mass is 16.4. The van der Waals surface area contributed by atoms with E-state index in [9.17, 15) is 19.8 Å². The van der Waals surface area contributed by atoms with Crippen molar-refractivity contribution in [3.05, 3.63) is 0 Å². The Morgan fingerprint density at radius 1 is 1.36 bits per heavy atom. The molecule has 0 aliphatic heterocycles. The number of carboxylic acids is 1. The summed E-state index contributed by atoms with van der Waals surface area (Å²) in [6.45, 7) is 1.23. The third kappa shape index (κ3) is 4.34. The summed E-state index contributed by atoms with van der Waals surface area (Å²) in [7, 11) is 5.30. The first-order chi connectivity index (χ1) is 6.07. The molecule has 1 atom stereocenters. The molecular formula is C9H17NO4. The van der Waals surface area contributed by atoms with Crippen molar-refractivity contribution in [3.63, 3.8) is 0 Å². The number of carbonyl (C=O) groups is 2. The van der Waals surface area contributed by atoms with Gasteiger partial charge in [0.1, 0.15) is 6.54 Å². The number of ketones is 1. The topological polar surface area (TPSA) is 77.4 Å². The number of rotatable bonds is 5. The van der Waals surface area contributed by atoms with Crippen LogP contribution in [0.4, 0.5) is 0 Å². The molecular weight excluding hydrogens is 186 g/mol. The zero-order valence-corrected chi connectivity index (χ0v) is 9.03. The molecule has 0 aliphatic rings. The Kier molecular flexibility index (Phi) is 3.79. The highest BCUT2D eigenvalue weighted by molar-refractivity contribution is 5.88. The van der Waals surface area contributed by atoms with E-state index in [0.29, 0.717) is 4.48 Å². The normalized spacial score (nSPS) is 16.1.